The molecule has 4 aromatic rings. The molecule has 0 saturated heterocycles. The predicted octanol–water partition coefficient (Wildman–Crippen LogP) is 5.23. The Morgan fingerprint density at radius 3 is 1.83 bits per heavy atom. The minimum Gasteiger partial charge on any atom is -0.354 e. The van der Waals surface area contributed by atoms with Crippen molar-refractivity contribution >= 4 is 33.4 Å². The van der Waals surface area contributed by atoms with Gasteiger partial charge >= 0.3 is 0 Å². The maximum Gasteiger partial charge on any atom is 0.247 e. The number of benzene rings is 4. The summed E-state index contributed by atoms with van der Waals surface area (Å²) < 4.78 is 26.7. The van der Waals surface area contributed by atoms with E-state index in [9.17, 15) is 18.0 Å². The molecule has 1 atom stereocenters. The molecular weight excluding hydrogens is 570 g/mol. The SMILES string of the molecule is CS(=O)(=O)N(CC(=O)N(Cc1ccc(Cl)cc1)C(C(=O)NCCc1ccccc1)c1ccccc1)Cc1ccccc1. The highest BCUT2D eigenvalue weighted by Gasteiger charge is 2.33. The number of halogens is 1. The topological polar surface area (TPSA) is 86.8 Å². The highest BCUT2D eigenvalue weighted by atomic mass is 35.5. The minimum atomic E-state index is -3.76. The first-order chi connectivity index (χ1) is 20.2. The summed E-state index contributed by atoms with van der Waals surface area (Å²) in [5.41, 5.74) is 3.19. The third-order valence-corrected chi connectivity index (χ3v) is 8.25. The van der Waals surface area contributed by atoms with Gasteiger partial charge in [-0.15, -0.1) is 0 Å². The average molecular weight is 604 g/mol. The van der Waals surface area contributed by atoms with Crippen molar-refractivity contribution in [2.24, 2.45) is 0 Å². The van der Waals surface area contributed by atoms with E-state index >= 15 is 0 Å². The monoisotopic (exact) mass is 603 g/mol. The molecule has 9 heteroatoms. The summed E-state index contributed by atoms with van der Waals surface area (Å²) >= 11 is 6.11. The number of carbonyl (C=O) groups is 2. The van der Waals surface area contributed by atoms with Gasteiger partial charge < -0.3 is 10.2 Å². The van der Waals surface area contributed by atoms with E-state index in [4.69, 9.17) is 11.6 Å². The van der Waals surface area contributed by atoms with Gasteiger partial charge in [0.05, 0.1) is 12.8 Å². The number of hydrogen-bond donors (Lipinski definition) is 1. The maximum atomic E-state index is 14.1. The van der Waals surface area contributed by atoms with Gasteiger partial charge in [-0.3, -0.25) is 9.59 Å². The second kappa shape index (κ2) is 14.8. The Morgan fingerprint density at radius 1 is 0.738 bits per heavy atom. The Balaban J connectivity index is 1.66. The van der Waals surface area contributed by atoms with Crippen molar-refractivity contribution in [3.63, 3.8) is 0 Å². The lowest BCUT2D eigenvalue weighted by Gasteiger charge is -2.33. The van der Waals surface area contributed by atoms with Crippen LogP contribution in [0.4, 0.5) is 0 Å². The van der Waals surface area contributed by atoms with Crippen LogP contribution in [0.1, 0.15) is 28.3 Å². The molecule has 0 bridgehead atoms. The molecule has 1 N–H and O–H groups in total. The standard InChI is InChI=1S/C33H34ClN3O4S/c1-42(40,41)36(23-27-13-7-3-8-14-27)25-31(38)37(24-28-17-19-30(34)20-18-28)32(29-15-9-4-10-16-29)33(39)35-22-21-26-11-5-2-6-12-26/h2-20,32H,21-25H2,1H3,(H,35,39). The molecule has 0 aromatic heterocycles. The quantitative estimate of drug-likeness (QED) is 0.227. The Hall–Kier alpha value is -3.98. The summed E-state index contributed by atoms with van der Waals surface area (Å²) in [5.74, 6) is -0.855. The Labute approximate surface area is 252 Å². The van der Waals surface area contributed by atoms with Gasteiger partial charge in [0.25, 0.3) is 0 Å². The van der Waals surface area contributed by atoms with Crippen LogP contribution >= 0.6 is 11.6 Å². The van der Waals surface area contributed by atoms with Crippen molar-refractivity contribution < 1.29 is 18.0 Å². The molecule has 4 rings (SSSR count). The Kier molecular flexibility index (Phi) is 10.9. The first-order valence-electron chi connectivity index (χ1n) is 13.6. The zero-order chi connectivity index (χ0) is 30.0. The van der Waals surface area contributed by atoms with Crippen molar-refractivity contribution in [3.8, 4) is 0 Å². The third-order valence-electron chi connectivity index (χ3n) is 6.80. The molecule has 0 radical (unpaired) electrons. The summed E-state index contributed by atoms with van der Waals surface area (Å²) in [4.78, 5) is 29.4. The molecule has 7 nitrogen and oxygen atoms in total. The van der Waals surface area contributed by atoms with Crippen LogP contribution in [0, 0.1) is 0 Å². The first kappa shape index (κ1) is 31.0. The normalized spacial score (nSPS) is 12.1. The fraction of sp³-hybridized carbons (Fsp3) is 0.212. The largest absolute Gasteiger partial charge is 0.354 e. The zero-order valence-corrected chi connectivity index (χ0v) is 25.0. The van der Waals surface area contributed by atoms with Crippen molar-refractivity contribution in [2.45, 2.75) is 25.6 Å². The lowest BCUT2D eigenvalue weighted by Crippen LogP contribution is -2.48. The van der Waals surface area contributed by atoms with E-state index in [0.717, 1.165) is 27.3 Å². The van der Waals surface area contributed by atoms with Crippen LogP contribution in [-0.2, 0) is 39.1 Å². The second-order valence-corrected chi connectivity index (χ2v) is 12.4. The Bertz CT molecular complexity index is 1550. The molecule has 218 valence electrons. The van der Waals surface area contributed by atoms with Gasteiger partial charge in [0.1, 0.15) is 6.04 Å². The predicted molar refractivity (Wildman–Crippen MR) is 166 cm³/mol. The van der Waals surface area contributed by atoms with Crippen LogP contribution < -0.4 is 5.32 Å². The van der Waals surface area contributed by atoms with Gasteiger partial charge in [0, 0.05) is 24.7 Å². The molecule has 2 amide bonds. The molecule has 0 heterocycles. The van der Waals surface area contributed by atoms with Crippen LogP contribution in [0.5, 0.6) is 0 Å². The van der Waals surface area contributed by atoms with Crippen LogP contribution in [-0.4, -0.2) is 48.8 Å². The van der Waals surface area contributed by atoms with E-state index in [0.29, 0.717) is 23.6 Å². The molecule has 0 saturated carbocycles. The van der Waals surface area contributed by atoms with Gasteiger partial charge in [0.2, 0.25) is 21.8 Å². The average Bonchev–Trinajstić information content (AvgIpc) is 2.98. The van der Waals surface area contributed by atoms with Gasteiger partial charge in [0.15, 0.2) is 0 Å². The fourth-order valence-electron chi connectivity index (χ4n) is 4.61. The van der Waals surface area contributed by atoms with E-state index in [2.05, 4.69) is 5.32 Å². The lowest BCUT2D eigenvalue weighted by atomic mass is 10.0. The van der Waals surface area contributed by atoms with Gasteiger partial charge in [-0.2, -0.15) is 4.31 Å². The van der Waals surface area contributed by atoms with Crippen molar-refractivity contribution in [2.75, 3.05) is 19.3 Å². The van der Waals surface area contributed by atoms with E-state index in [1.54, 1.807) is 48.5 Å². The minimum absolute atomic E-state index is 0.0273. The highest BCUT2D eigenvalue weighted by Crippen LogP contribution is 2.25. The first-order valence-corrected chi connectivity index (χ1v) is 15.8. The van der Waals surface area contributed by atoms with Crippen molar-refractivity contribution in [3.05, 3.63) is 143 Å². The lowest BCUT2D eigenvalue weighted by molar-refractivity contribution is -0.141. The molecule has 0 aliphatic rings. The summed E-state index contributed by atoms with van der Waals surface area (Å²) in [7, 11) is -3.76. The number of sulfonamides is 1. The van der Waals surface area contributed by atoms with E-state index in [1.165, 1.54) is 4.90 Å². The van der Waals surface area contributed by atoms with Gasteiger partial charge in [-0.25, -0.2) is 8.42 Å². The van der Waals surface area contributed by atoms with Crippen molar-refractivity contribution in [1.82, 2.24) is 14.5 Å². The van der Waals surface area contributed by atoms with E-state index in [1.807, 2.05) is 66.7 Å². The van der Waals surface area contributed by atoms with E-state index < -0.39 is 28.5 Å². The van der Waals surface area contributed by atoms with E-state index in [-0.39, 0.29) is 19.0 Å². The smallest absolute Gasteiger partial charge is 0.247 e. The third kappa shape index (κ3) is 9.01. The van der Waals surface area contributed by atoms with Crippen LogP contribution in [0.25, 0.3) is 0 Å². The molecule has 42 heavy (non-hydrogen) atoms. The molecule has 0 spiro atoms. The van der Waals surface area contributed by atoms with Gasteiger partial charge in [-0.05, 0) is 40.8 Å². The summed E-state index contributed by atoms with van der Waals surface area (Å²) in [5, 5.41) is 3.54. The molecule has 4 aromatic carbocycles. The summed E-state index contributed by atoms with van der Waals surface area (Å²) in [6.45, 7) is 0.0463. The summed E-state index contributed by atoms with van der Waals surface area (Å²) in [6.07, 6.45) is 1.70. The molecular formula is C33H34ClN3O4S. The number of nitrogens with one attached hydrogen (secondary N) is 1. The van der Waals surface area contributed by atoms with Gasteiger partial charge in [-0.1, -0.05) is 115 Å². The maximum absolute atomic E-state index is 14.1. The molecule has 0 aliphatic heterocycles. The number of hydrogen-bond acceptors (Lipinski definition) is 4. The second-order valence-electron chi connectivity index (χ2n) is 10.0. The molecule has 1 unspecified atom stereocenters. The number of nitrogens with zero attached hydrogens (tertiary/aromatic N) is 2. The Morgan fingerprint density at radius 2 is 1.26 bits per heavy atom. The fourth-order valence-corrected chi connectivity index (χ4v) is 5.46. The summed E-state index contributed by atoms with van der Waals surface area (Å²) in [6, 6.07) is 33.9. The van der Waals surface area contributed by atoms with Crippen LogP contribution in [0.2, 0.25) is 5.02 Å². The zero-order valence-electron chi connectivity index (χ0n) is 23.4. The highest BCUT2D eigenvalue weighted by molar-refractivity contribution is 7.88. The number of rotatable bonds is 13. The molecule has 0 aliphatic carbocycles. The number of carbonyl (C=O) groups excluding carboxylic acids is 2. The van der Waals surface area contributed by atoms with Crippen molar-refractivity contribution in [1.29, 1.82) is 0 Å². The molecule has 0 fully saturated rings. The van der Waals surface area contributed by atoms with Crippen LogP contribution in [0.15, 0.2) is 115 Å². The number of amides is 2. The van der Waals surface area contributed by atoms with Crippen LogP contribution in [0.3, 0.4) is 0 Å².